The van der Waals surface area contributed by atoms with Crippen molar-refractivity contribution in [1.82, 2.24) is 4.72 Å². The zero-order valence-electron chi connectivity index (χ0n) is 12.7. The summed E-state index contributed by atoms with van der Waals surface area (Å²) in [4.78, 5) is 0.297. The van der Waals surface area contributed by atoms with Crippen molar-refractivity contribution in [3.63, 3.8) is 0 Å². The van der Waals surface area contributed by atoms with Crippen LogP contribution in [0.2, 0.25) is 0 Å². The van der Waals surface area contributed by atoms with Crippen LogP contribution in [-0.2, 0) is 16.4 Å². The quantitative estimate of drug-likeness (QED) is 0.803. The summed E-state index contributed by atoms with van der Waals surface area (Å²) in [6.45, 7) is 3.94. The fourth-order valence-corrected chi connectivity index (χ4v) is 4.17. The van der Waals surface area contributed by atoms with Crippen LogP contribution in [0.1, 0.15) is 37.4 Å². The first-order valence-electron chi connectivity index (χ1n) is 7.29. The molecule has 3 nitrogen and oxygen atoms in total. The van der Waals surface area contributed by atoms with Gasteiger partial charge in [-0.2, -0.15) is 0 Å². The summed E-state index contributed by atoms with van der Waals surface area (Å²) in [5.41, 5.74) is 2.06. The van der Waals surface area contributed by atoms with Gasteiger partial charge in [-0.25, -0.2) is 13.1 Å². The van der Waals surface area contributed by atoms with Crippen molar-refractivity contribution in [2.45, 2.75) is 37.6 Å². The van der Waals surface area contributed by atoms with Crippen molar-refractivity contribution < 1.29 is 8.42 Å². The lowest BCUT2D eigenvalue weighted by Gasteiger charge is -2.16. The predicted octanol–water partition coefficient (Wildman–Crippen LogP) is 4.44. The van der Waals surface area contributed by atoms with Gasteiger partial charge in [-0.15, -0.1) is 0 Å². The van der Waals surface area contributed by atoms with E-state index in [1.165, 1.54) is 0 Å². The highest BCUT2D eigenvalue weighted by Gasteiger charge is 2.19. The van der Waals surface area contributed by atoms with Crippen LogP contribution in [0.4, 0.5) is 0 Å². The molecule has 2 aromatic rings. The third-order valence-electron chi connectivity index (χ3n) is 3.48. The van der Waals surface area contributed by atoms with Crippen molar-refractivity contribution in [1.29, 1.82) is 0 Å². The SMILES string of the molecule is CCCc1ccc(S(=O)(=O)NC(C)c2ccccc2Br)cc1. The van der Waals surface area contributed by atoms with Crippen LogP contribution in [0.15, 0.2) is 57.9 Å². The van der Waals surface area contributed by atoms with Crippen molar-refractivity contribution in [3.05, 3.63) is 64.1 Å². The third-order valence-corrected chi connectivity index (χ3v) is 5.75. The Hall–Kier alpha value is -1.17. The number of hydrogen-bond acceptors (Lipinski definition) is 2. The normalized spacial score (nSPS) is 13.0. The second-order valence-corrected chi connectivity index (χ2v) is 7.83. The molecule has 5 heteroatoms. The van der Waals surface area contributed by atoms with Gasteiger partial charge in [-0.3, -0.25) is 0 Å². The molecule has 0 aromatic heterocycles. The summed E-state index contributed by atoms with van der Waals surface area (Å²) >= 11 is 3.45. The van der Waals surface area contributed by atoms with Crippen LogP contribution >= 0.6 is 15.9 Å². The van der Waals surface area contributed by atoms with Crippen LogP contribution in [-0.4, -0.2) is 8.42 Å². The zero-order chi connectivity index (χ0) is 16.2. The van der Waals surface area contributed by atoms with Gasteiger partial charge in [0.2, 0.25) is 10.0 Å². The molecule has 0 aliphatic heterocycles. The molecule has 0 bridgehead atoms. The average Bonchev–Trinajstić information content (AvgIpc) is 2.48. The lowest BCUT2D eigenvalue weighted by atomic mass is 10.1. The molecule has 0 fully saturated rings. The molecule has 1 N–H and O–H groups in total. The van der Waals surface area contributed by atoms with Gasteiger partial charge in [-0.1, -0.05) is 59.6 Å². The Bertz CT molecular complexity index is 727. The Kier molecular flexibility index (Phi) is 5.78. The number of halogens is 1. The second kappa shape index (κ2) is 7.40. The molecule has 0 radical (unpaired) electrons. The Morgan fingerprint density at radius 2 is 1.73 bits per heavy atom. The molecule has 0 saturated carbocycles. The van der Waals surface area contributed by atoms with Gasteiger partial charge in [0, 0.05) is 10.5 Å². The molecule has 0 aliphatic rings. The molecular formula is C17H20BrNO2S. The summed E-state index contributed by atoms with van der Waals surface area (Å²) in [6.07, 6.45) is 2.00. The van der Waals surface area contributed by atoms with Gasteiger partial charge in [0.15, 0.2) is 0 Å². The maximum Gasteiger partial charge on any atom is 0.241 e. The zero-order valence-corrected chi connectivity index (χ0v) is 15.1. The topological polar surface area (TPSA) is 46.2 Å². The highest BCUT2D eigenvalue weighted by atomic mass is 79.9. The fraction of sp³-hybridized carbons (Fsp3) is 0.294. The van der Waals surface area contributed by atoms with Crippen LogP contribution in [0.5, 0.6) is 0 Å². The molecule has 0 aliphatic carbocycles. The Morgan fingerprint density at radius 3 is 2.32 bits per heavy atom. The lowest BCUT2D eigenvalue weighted by Crippen LogP contribution is -2.27. The molecule has 2 rings (SSSR count). The van der Waals surface area contributed by atoms with E-state index in [9.17, 15) is 8.42 Å². The van der Waals surface area contributed by atoms with E-state index in [2.05, 4.69) is 27.6 Å². The first-order chi connectivity index (χ1) is 10.4. The molecule has 1 atom stereocenters. The van der Waals surface area contributed by atoms with Gasteiger partial charge < -0.3 is 0 Å². The standard InChI is InChI=1S/C17H20BrNO2S/c1-3-6-14-9-11-15(12-10-14)22(20,21)19-13(2)16-7-4-5-8-17(16)18/h4-5,7-13,19H,3,6H2,1-2H3. The fourth-order valence-electron chi connectivity index (χ4n) is 2.31. The summed E-state index contributed by atoms with van der Waals surface area (Å²) in [7, 11) is -3.53. The predicted molar refractivity (Wildman–Crippen MR) is 93.3 cm³/mol. The van der Waals surface area contributed by atoms with E-state index in [1.54, 1.807) is 12.1 Å². The number of benzene rings is 2. The smallest absolute Gasteiger partial charge is 0.207 e. The molecule has 118 valence electrons. The monoisotopic (exact) mass is 381 g/mol. The van der Waals surface area contributed by atoms with Crippen LogP contribution in [0.25, 0.3) is 0 Å². The number of rotatable bonds is 6. The number of sulfonamides is 1. The minimum Gasteiger partial charge on any atom is -0.207 e. The molecule has 1 unspecified atom stereocenters. The van der Waals surface area contributed by atoms with Crippen LogP contribution in [0, 0.1) is 0 Å². The Balaban J connectivity index is 2.18. The Labute approximate surface area is 140 Å². The van der Waals surface area contributed by atoms with E-state index in [1.807, 2.05) is 43.3 Å². The summed E-state index contributed by atoms with van der Waals surface area (Å²) in [5.74, 6) is 0. The maximum atomic E-state index is 12.5. The summed E-state index contributed by atoms with van der Waals surface area (Å²) in [6, 6.07) is 14.4. The van der Waals surface area contributed by atoms with Gasteiger partial charge in [0.05, 0.1) is 4.90 Å². The molecular weight excluding hydrogens is 362 g/mol. The summed E-state index contributed by atoms with van der Waals surface area (Å²) in [5, 5.41) is 0. The third kappa shape index (κ3) is 4.18. The highest BCUT2D eigenvalue weighted by molar-refractivity contribution is 9.10. The van der Waals surface area contributed by atoms with Crippen LogP contribution in [0.3, 0.4) is 0 Å². The van der Waals surface area contributed by atoms with E-state index in [4.69, 9.17) is 0 Å². The van der Waals surface area contributed by atoms with Crippen molar-refractivity contribution >= 4 is 26.0 Å². The average molecular weight is 382 g/mol. The number of aryl methyl sites for hydroxylation is 1. The summed E-state index contributed by atoms with van der Waals surface area (Å²) < 4.78 is 28.6. The van der Waals surface area contributed by atoms with Crippen molar-refractivity contribution in [2.24, 2.45) is 0 Å². The minimum absolute atomic E-state index is 0.297. The van der Waals surface area contributed by atoms with Crippen molar-refractivity contribution in [3.8, 4) is 0 Å². The molecule has 22 heavy (non-hydrogen) atoms. The van der Waals surface area contributed by atoms with E-state index in [0.29, 0.717) is 4.90 Å². The highest BCUT2D eigenvalue weighted by Crippen LogP contribution is 2.24. The maximum absolute atomic E-state index is 12.5. The number of nitrogens with one attached hydrogen (secondary N) is 1. The van der Waals surface area contributed by atoms with Crippen molar-refractivity contribution in [2.75, 3.05) is 0 Å². The van der Waals surface area contributed by atoms with E-state index in [0.717, 1.165) is 28.4 Å². The first kappa shape index (κ1) is 17.2. The van der Waals surface area contributed by atoms with Gasteiger partial charge in [0.25, 0.3) is 0 Å². The molecule has 2 aromatic carbocycles. The largest absolute Gasteiger partial charge is 0.241 e. The molecule has 0 saturated heterocycles. The Morgan fingerprint density at radius 1 is 1.09 bits per heavy atom. The van der Waals surface area contributed by atoms with Gasteiger partial charge in [-0.05, 0) is 42.7 Å². The number of hydrogen-bond donors (Lipinski definition) is 1. The van der Waals surface area contributed by atoms with Gasteiger partial charge in [0.1, 0.15) is 0 Å². The second-order valence-electron chi connectivity index (χ2n) is 5.26. The molecule has 0 heterocycles. The van der Waals surface area contributed by atoms with Gasteiger partial charge >= 0.3 is 0 Å². The van der Waals surface area contributed by atoms with E-state index < -0.39 is 10.0 Å². The molecule has 0 spiro atoms. The first-order valence-corrected chi connectivity index (χ1v) is 9.57. The van der Waals surface area contributed by atoms with E-state index in [-0.39, 0.29) is 6.04 Å². The minimum atomic E-state index is -3.53. The van der Waals surface area contributed by atoms with Crippen LogP contribution < -0.4 is 4.72 Å². The van der Waals surface area contributed by atoms with E-state index >= 15 is 0 Å². The molecule has 0 amide bonds. The lowest BCUT2D eigenvalue weighted by molar-refractivity contribution is 0.566.